The molecule has 3 aromatic rings. The zero-order valence-electron chi connectivity index (χ0n) is 13.9. The summed E-state index contributed by atoms with van der Waals surface area (Å²) in [5, 5.41) is 15.3. The number of hydrogen-bond acceptors (Lipinski definition) is 5. The van der Waals surface area contributed by atoms with Crippen molar-refractivity contribution in [2.24, 2.45) is 0 Å². The maximum atomic E-state index is 14.5. The Morgan fingerprint density at radius 2 is 1.93 bits per heavy atom. The van der Waals surface area contributed by atoms with Crippen LogP contribution < -0.4 is 0 Å². The van der Waals surface area contributed by atoms with Crippen molar-refractivity contribution in [1.82, 2.24) is 24.7 Å². The van der Waals surface area contributed by atoms with Crippen LogP contribution in [0, 0.1) is 17.5 Å². The Morgan fingerprint density at radius 3 is 2.56 bits per heavy atom. The molecule has 0 spiro atoms. The molecular weight excluding hydrogens is 366 g/mol. The lowest BCUT2D eigenvalue weighted by molar-refractivity contribution is -0.0229. The third-order valence-corrected chi connectivity index (χ3v) is 4.27. The fraction of sp³-hybridized carbons (Fsp3) is 0.294. The highest BCUT2D eigenvalue weighted by atomic mass is 19.1. The second-order valence-corrected chi connectivity index (χ2v) is 5.93. The molecule has 6 nitrogen and oxygen atoms in total. The third-order valence-electron chi connectivity index (χ3n) is 4.27. The minimum atomic E-state index is -2.19. The summed E-state index contributed by atoms with van der Waals surface area (Å²) in [6.07, 6.45) is 3.99. The van der Waals surface area contributed by atoms with E-state index in [-0.39, 0.29) is 24.2 Å². The number of alkyl halides is 1. The summed E-state index contributed by atoms with van der Waals surface area (Å²) in [7, 11) is 0. The average Bonchev–Trinajstić information content (AvgIpc) is 3.13. The van der Waals surface area contributed by atoms with E-state index in [0.717, 1.165) is 24.7 Å². The molecule has 2 aromatic heterocycles. The molecule has 0 amide bonds. The van der Waals surface area contributed by atoms with Gasteiger partial charge in [0.05, 0.1) is 25.1 Å². The summed E-state index contributed by atoms with van der Waals surface area (Å²) in [5.41, 5.74) is -2.81. The molecule has 0 saturated heterocycles. The second kappa shape index (κ2) is 7.78. The van der Waals surface area contributed by atoms with Gasteiger partial charge in [-0.25, -0.2) is 32.8 Å². The molecule has 0 aliphatic heterocycles. The van der Waals surface area contributed by atoms with Gasteiger partial charge in [0.1, 0.15) is 36.2 Å². The maximum Gasteiger partial charge on any atom is 0.163 e. The second-order valence-electron chi connectivity index (χ2n) is 5.93. The Hall–Kier alpha value is -2.88. The molecule has 3 rings (SSSR count). The van der Waals surface area contributed by atoms with Crippen molar-refractivity contribution >= 4 is 0 Å². The van der Waals surface area contributed by atoms with Gasteiger partial charge in [-0.2, -0.15) is 5.10 Å². The fourth-order valence-electron chi connectivity index (χ4n) is 3.07. The summed E-state index contributed by atoms with van der Waals surface area (Å²) < 4.78 is 56.7. The van der Waals surface area contributed by atoms with Gasteiger partial charge in [-0.1, -0.05) is 6.07 Å². The molecule has 2 atom stereocenters. The summed E-state index contributed by atoms with van der Waals surface area (Å²) in [4.78, 5) is 11.1. The maximum absolute atomic E-state index is 14.5. The SMILES string of the molecule is O[C@@](Cn1cncn1)(c1ccc(F)cc1F)[C@@H](CCF)c1ncncc1F. The summed E-state index contributed by atoms with van der Waals surface area (Å²) >= 11 is 0. The van der Waals surface area contributed by atoms with Crippen LogP contribution in [0.5, 0.6) is 0 Å². The lowest BCUT2D eigenvalue weighted by atomic mass is 9.77. The number of aromatic nitrogens is 5. The Bertz CT molecular complexity index is 908. The van der Waals surface area contributed by atoms with E-state index >= 15 is 0 Å². The molecule has 2 heterocycles. The van der Waals surface area contributed by atoms with Crippen molar-refractivity contribution in [2.75, 3.05) is 6.67 Å². The molecule has 0 radical (unpaired) electrons. The van der Waals surface area contributed by atoms with Crippen molar-refractivity contribution in [3.05, 3.63) is 72.1 Å². The third kappa shape index (κ3) is 3.80. The summed E-state index contributed by atoms with van der Waals surface area (Å²) in [6, 6.07) is 2.57. The van der Waals surface area contributed by atoms with Crippen LogP contribution in [0.3, 0.4) is 0 Å². The number of nitrogens with zero attached hydrogens (tertiary/aromatic N) is 5. The van der Waals surface area contributed by atoms with Crippen molar-refractivity contribution in [2.45, 2.75) is 24.5 Å². The minimum Gasteiger partial charge on any atom is -0.382 e. The van der Waals surface area contributed by atoms with E-state index in [0.29, 0.717) is 6.07 Å². The molecule has 0 aliphatic rings. The van der Waals surface area contributed by atoms with Crippen LogP contribution >= 0.6 is 0 Å². The predicted molar refractivity (Wildman–Crippen MR) is 85.6 cm³/mol. The van der Waals surface area contributed by atoms with E-state index in [2.05, 4.69) is 20.1 Å². The molecule has 0 unspecified atom stereocenters. The van der Waals surface area contributed by atoms with E-state index in [4.69, 9.17) is 0 Å². The summed E-state index contributed by atoms with van der Waals surface area (Å²) in [5.74, 6) is -4.09. The van der Waals surface area contributed by atoms with Gasteiger partial charge in [-0.3, -0.25) is 4.39 Å². The first-order valence-corrected chi connectivity index (χ1v) is 7.97. The van der Waals surface area contributed by atoms with Gasteiger partial charge in [0, 0.05) is 17.5 Å². The van der Waals surface area contributed by atoms with E-state index < -0.39 is 35.6 Å². The molecule has 27 heavy (non-hydrogen) atoms. The number of hydrogen-bond donors (Lipinski definition) is 1. The Kier molecular flexibility index (Phi) is 5.45. The highest BCUT2D eigenvalue weighted by Crippen LogP contribution is 2.42. The molecule has 0 saturated carbocycles. The molecule has 0 bridgehead atoms. The van der Waals surface area contributed by atoms with Gasteiger partial charge in [0.25, 0.3) is 0 Å². The molecule has 0 fully saturated rings. The lowest BCUT2D eigenvalue weighted by Gasteiger charge is -2.36. The van der Waals surface area contributed by atoms with Crippen LogP contribution in [-0.2, 0) is 12.1 Å². The molecule has 0 aliphatic carbocycles. The van der Waals surface area contributed by atoms with Gasteiger partial charge in [0.15, 0.2) is 5.82 Å². The van der Waals surface area contributed by atoms with E-state index in [9.17, 15) is 22.7 Å². The van der Waals surface area contributed by atoms with Crippen LogP contribution in [0.2, 0.25) is 0 Å². The first kappa shape index (κ1) is 18.9. The topological polar surface area (TPSA) is 76.7 Å². The zero-order valence-corrected chi connectivity index (χ0v) is 13.9. The van der Waals surface area contributed by atoms with Crippen LogP contribution in [0.15, 0.2) is 43.4 Å². The highest BCUT2D eigenvalue weighted by Gasteiger charge is 2.44. The number of aliphatic hydroxyl groups is 1. The Labute approximate surface area is 151 Å². The quantitative estimate of drug-likeness (QED) is 0.637. The number of rotatable bonds is 7. The van der Waals surface area contributed by atoms with Gasteiger partial charge in [0.2, 0.25) is 0 Å². The van der Waals surface area contributed by atoms with Crippen molar-refractivity contribution in [3.63, 3.8) is 0 Å². The molecule has 1 N–H and O–H groups in total. The predicted octanol–water partition coefficient (Wildman–Crippen LogP) is 2.52. The van der Waals surface area contributed by atoms with Gasteiger partial charge in [-0.05, 0) is 12.5 Å². The smallest absolute Gasteiger partial charge is 0.163 e. The highest BCUT2D eigenvalue weighted by molar-refractivity contribution is 5.30. The van der Waals surface area contributed by atoms with E-state index in [1.165, 1.54) is 17.3 Å². The molecule has 142 valence electrons. The molecule has 1 aromatic carbocycles. The zero-order chi connectivity index (χ0) is 19.4. The van der Waals surface area contributed by atoms with E-state index in [1.54, 1.807) is 0 Å². The number of halogens is 4. The molecule has 10 heteroatoms. The number of benzene rings is 1. The van der Waals surface area contributed by atoms with Crippen LogP contribution in [0.1, 0.15) is 23.6 Å². The Balaban J connectivity index is 2.18. The monoisotopic (exact) mass is 381 g/mol. The first-order chi connectivity index (χ1) is 13.0. The van der Waals surface area contributed by atoms with Crippen LogP contribution in [0.4, 0.5) is 17.6 Å². The van der Waals surface area contributed by atoms with Gasteiger partial charge in [-0.15, -0.1) is 0 Å². The van der Waals surface area contributed by atoms with E-state index in [1.807, 2.05) is 0 Å². The van der Waals surface area contributed by atoms with Crippen molar-refractivity contribution in [1.29, 1.82) is 0 Å². The van der Waals surface area contributed by atoms with Gasteiger partial charge < -0.3 is 5.11 Å². The standard InChI is InChI=1S/C17H15F4N5O/c18-4-3-13(16-15(21)6-22-8-24-16)17(27,7-26-10-23-9-25-26)12-2-1-11(19)5-14(12)20/h1-2,5-6,8-10,13,27H,3-4,7H2/t13-,17-/m0/s1. The normalized spacial score (nSPS) is 14.7. The lowest BCUT2D eigenvalue weighted by Crippen LogP contribution is -2.40. The first-order valence-electron chi connectivity index (χ1n) is 7.97. The largest absolute Gasteiger partial charge is 0.382 e. The fourth-order valence-corrected chi connectivity index (χ4v) is 3.07. The summed E-state index contributed by atoms with van der Waals surface area (Å²) in [6.45, 7) is -1.32. The van der Waals surface area contributed by atoms with Crippen molar-refractivity contribution in [3.8, 4) is 0 Å². The van der Waals surface area contributed by atoms with Crippen molar-refractivity contribution < 1.29 is 22.7 Å². The van der Waals surface area contributed by atoms with Gasteiger partial charge >= 0.3 is 0 Å². The average molecular weight is 381 g/mol. The Morgan fingerprint density at radius 1 is 1.11 bits per heavy atom. The van der Waals surface area contributed by atoms with Crippen LogP contribution in [0.25, 0.3) is 0 Å². The molecular formula is C17H15F4N5O. The van der Waals surface area contributed by atoms with Crippen LogP contribution in [-0.4, -0.2) is 36.5 Å². The minimum absolute atomic E-state index is 0.283.